The molecule has 1 atom stereocenters. The fourth-order valence-corrected chi connectivity index (χ4v) is 2.75. The molecule has 2 aromatic carbocycles. The Morgan fingerprint density at radius 3 is 2.46 bits per heavy atom. The van der Waals surface area contributed by atoms with Crippen molar-refractivity contribution in [1.29, 1.82) is 0 Å². The normalized spacial score (nSPS) is 12.0. The zero-order valence-corrected chi connectivity index (χ0v) is 15.9. The Kier molecular flexibility index (Phi) is 8.16. The first-order chi connectivity index (χ1) is 12.6. The third-order valence-electron chi connectivity index (χ3n) is 3.97. The van der Waals surface area contributed by atoms with Crippen LogP contribution in [-0.2, 0) is 13.2 Å². The summed E-state index contributed by atoms with van der Waals surface area (Å²) in [6.45, 7) is 5.30. The minimum atomic E-state index is -0.285. The summed E-state index contributed by atoms with van der Waals surface area (Å²) in [5, 5.41) is 13.0. The summed E-state index contributed by atoms with van der Waals surface area (Å²) in [4.78, 5) is 0. The second-order valence-corrected chi connectivity index (χ2v) is 6.33. The number of halogens is 2. The summed E-state index contributed by atoms with van der Waals surface area (Å²) < 4.78 is 24.5. The van der Waals surface area contributed by atoms with Crippen LogP contribution in [0.1, 0.15) is 31.4 Å². The molecule has 0 saturated carbocycles. The topological polar surface area (TPSA) is 50.7 Å². The molecule has 0 unspecified atom stereocenters. The molecule has 6 heteroatoms. The third-order valence-corrected chi connectivity index (χ3v) is 4.25. The molecule has 26 heavy (non-hydrogen) atoms. The van der Waals surface area contributed by atoms with Gasteiger partial charge in [0, 0.05) is 12.6 Å². The average Bonchev–Trinajstić information content (AvgIpc) is 2.63. The number of hydrogen-bond acceptors (Lipinski definition) is 4. The molecule has 0 aliphatic heterocycles. The Labute approximate surface area is 158 Å². The van der Waals surface area contributed by atoms with Crippen LogP contribution < -0.4 is 14.8 Å². The van der Waals surface area contributed by atoms with Crippen molar-refractivity contribution in [2.45, 2.75) is 39.5 Å². The van der Waals surface area contributed by atoms with Crippen LogP contribution in [0.3, 0.4) is 0 Å². The van der Waals surface area contributed by atoms with Crippen LogP contribution in [0.4, 0.5) is 4.39 Å². The quantitative estimate of drug-likeness (QED) is 0.643. The van der Waals surface area contributed by atoms with E-state index in [0.29, 0.717) is 29.7 Å². The largest absolute Gasteiger partial charge is 0.490 e. The van der Waals surface area contributed by atoms with E-state index in [1.54, 1.807) is 12.1 Å². The van der Waals surface area contributed by atoms with Crippen molar-refractivity contribution in [2.24, 2.45) is 0 Å². The van der Waals surface area contributed by atoms with E-state index in [-0.39, 0.29) is 25.1 Å². The first kappa shape index (κ1) is 20.5. The molecule has 0 saturated heterocycles. The molecule has 4 nitrogen and oxygen atoms in total. The number of benzene rings is 2. The molecule has 2 N–H and O–H groups in total. The van der Waals surface area contributed by atoms with Crippen LogP contribution in [0.5, 0.6) is 11.5 Å². The van der Waals surface area contributed by atoms with Crippen LogP contribution in [0.25, 0.3) is 0 Å². The lowest BCUT2D eigenvalue weighted by Gasteiger charge is -2.17. The highest BCUT2D eigenvalue weighted by Crippen LogP contribution is 2.37. The van der Waals surface area contributed by atoms with Crippen molar-refractivity contribution >= 4 is 11.6 Å². The summed E-state index contributed by atoms with van der Waals surface area (Å²) >= 11 is 6.40. The van der Waals surface area contributed by atoms with Gasteiger partial charge in [-0.15, -0.1) is 0 Å². The molecule has 0 bridgehead atoms. The summed E-state index contributed by atoms with van der Waals surface area (Å²) in [6, 6.07) is 9.86. The van der Waals surface area contributed by atoms with Crippen molar-refractivity contribution in [3.8, 4) is 11.5 Å². The highest BCUT2D eigenvalue weighted by atomic mass is 35.5. The van der Waals surface area contributed by atoms with Gasteiger partial charge in [0.05, 0.1) is 18.2 Å². The lowest BCUT2D eigenvalue weighted by Crippen LogP contribution is -2.31. The van der Waals surface area contributed by atoms with E-state index in [1.807, 2.05) is 26.0 Å². The number of hydrogen-bond donors (Lipinski definition) is 2. The molecule has 0 aliphatic rings. The molecule has 142 valence electrons. The third kappa shape index (κ3) is 5.87. The standard InChI is InChI=1S/C20H25ClFNO3/c1-3-17(12-24)23-11-15-9-18(21)20(19(10-15)25-4-2)26-13-14-5-7-16(22)8-6-14/h5-10,17,23-24H,3-4,11-13H2,1-2H3/t17-/m1/s1. The van der Waals surface area contributed by atoms with Crippen molar-refractivity contribution in [2.75, 3.05) is 13.2 Å². The Hall–Kier alpha value is -1.82. The van der Waals surface area contributed by atoms with E-state index in [9.17, 15) is 9.50 Å². The van der Waals surface area contributed by atoms with E-state index in [1.165, 1.54) is 12.1 Å². The molecule has 0 amide bonds. The van der Waals surface area contributed by atoms with Crippen molar-refractivity contribution in [3.05, 3.63) is 58.4 Å². The molecule has 2 aromatic rings. The number of nitrogens with one attached hydrogen (secondary N) is 1. The van der Waals surface area contributed by atoms with Crippen molar-refractivity contribution < 1.29 is 19.0 Å². The van der Waals surface area contributed by atoms with Gasteiger partial charge in [0.2, 0.25) is 0 Å². The minimum Gasteiger partial charge on any atom is -0.490 e. The molecule has 2 rings (SSSR count). The summed E-state index contributed by atoms with van der Waals surface area (Å²) in [5.41, 5.74) is 1.78. The van der Waals surface area contributed by atoms with E-state index < -0.39 is 0 Å². The fraction of sp³-hybridized carbons (Fsp3) is 0.400. The van der Waals surface area contributed by atoms with Crippen LogP contribution in [-0.4, -0.2) is 24.4 Å². The first-order valence-electron chi connectivity index (χ1n) is 8.74. The molecule has 0 heterocycles. The maximum absolute atomic E-state index is 13.0. The highest BCUT2D eigenvalue weighted by Gasteiger charge is 2.14. The Morgan fingerprint density at radius 1 is 1.12 bits per heavy atom. The molecule has 0 spiro atoms. The van der Waals surface area contributed by atoms with Gasteiger partial charge in [-0.3, -0.25) is 0 Å². The number of aliphatic hydroxyl groups excluding tert-OH is 1. The molecule has 0 radical (unpaired) electrons. The van der Waals surface area contributed by atoms with Gasteiger partial charge in [0.15, 0.2) is 11.5 Å². The maximum atomic E-state index is 13.0. The number of ether oxygens (including phenoxy) is 2. The van der Waals surface area contributed by atoms with Crippen molar-refractivity contribution in [1.82, 2.24) is 5.32 Å². The SMILES string of the molecule is CCOc1cc(CN[C@H](CC)CO)cc(Cl)c1OCc1ccc(F)cc1. The van der Waals surface area contributed by atoms with Crippen molar-refractivity contribution in [3.63, 3.8) is 0 Å². The van der Waals surface area contributed by atoms with Gasteiger partial charge >= 0.3 is 0 Å². The van der Waals surface area contributed by atoms with Crippen LogP contribution in [0.15, 0.2) is 36.4 Å². The summed E-state index contributed by atoms with van der Waals surface area (Å²) in [7, 11) is 0. The van der Waals surface area contributed by atoms with Gasteiger partial charge in [0.25, 0.3) is 0 Å². The zero-order chi connectivity index (χ0) is 18.9. The second-order valence-electron chi connectivity index (χ2n) is 5.92. The average molecular weight is 382 g/mol. The first-order valence-corrected chi connectivity index (χ1v) is 9.11. The van der Waals surface area contributed by atoms with Crippen LogP contribution >= 0.6 is 11.6 Å². The van der Waals surface area contributed by atoms with Gasteiger partial charge in [0.1, 0.15) is 12.4 Å². The van der Waals surface area contributed by atoms with Gasteiger partial charge in [-0.25, -0.2) is 4.39 Å². The fourth-order valence-electron chi connectivity index (χ4n) is 2.46. The van der Waals surface area contributed by atoms with Crippen LogP contribution in [0.2, 0.25) is 5.02 Å². The number of aliphatic hydroxyl groups is 1. The van der Waals surface area contributed by atoms with E-state index >= 15 is 0 Å². The van der Waals surface area contributed by atoms with E-state index in [4.69, 9.17) is 21.1 Å². The molecule has 0 fully saturated rings. The smallest absolute Gasteiger partial charge is 0.180 e. The van der Waals surface area contributed by atoms with Gasteiger partial charge < -0.3 is 19.9 Å². The second kappa shape index (κ2) is 10.4. The lowest BCUT2D eigenvalue weighted by atomic mass is 10.1. The highest BCUT2D eigenvalue weighted by molar-refractivity contribution is 6.32. The minimum absolute atomic E-state index is 0.0405. The maximum Gasteiger partial charge on any atom is 0.180 e. The summed E-state index contributed by atoms with van der Waals surface area (Å²) in [6.07, 6.45) is 0.835. The Morgan fingerprint density at radius 2 is 1.85 bits per heavy atom. The van der Waals surface area contributed by atoms with Gasteiger partial charge in [-0.05, 0) is 48.7 Å². The Balaban J connectivity index is 2.13. The predicted molar refractivity (Wildman–Crippen MR) is 101 cm³/mol. The molecule has 0 aromatic heterocycles. The molecular weight excluding hydrogens is 357 g/mol. The number of rotatable bonds is 10. The monoisotopic (exact) mass is 381 g/mol. The summed E-state index contributed by atoms with van der Waals surface area (Å²) in [5.74, 6) is 0.749. The van der Waals surface area contributed by atoms with Gasteiger partial charge in [-0.1, -0.05) is 30.7 Å². The van der Waals surface area contributed by atoms with E-state index in [2.05, 4.69) is 5.32 Å². The molecule has 0 aliphatic carbocycles. The predicted octanol–water partition coefficient (Wildman–Crippen LogP) is 4.32. The Bertz CT molecular complexity index is 690. The molecular formula is C20H25ClFNO3. The van der Waals surface area contributed by atoms with E-state index in [0.717, 1.165) is 17.5 Å². The zero-order valence-electron chi connectivity index (χ0n) is 15.1. The van der Waals surface area contributed by atoms with Crippen LogP contribution in [0, 0.1) is 5.82 Å². The lowest BCUT2D eigenvalue weighted by molar-refractivity contribution is 0.238. The van der Waals surface area contributed by atoms with Gasteiger partial charge in [-0.2, -0.15) is 0 Å².